The smallest absolute Gasteiger partial charge is 0.178 e. The predicted octanol–water partition coefficient (Wildman–Crippen LogP) is 1.99. The van der Waals surface area contributed by atoms with Gasteiger partial charge in [-0.05, 0) is 25.0 Å². The maximum Gasteiger partial charge on any atom is 0.178 e. The lowest BCUT2D eigenvalue weighted by molar-refractivity contribution is 0.278. The highest BCUT2D eigenvalue weighted by molar-refractivity contribution is 5.44. The summed E-state index contributed by atoms with van der Waals surface area (Å²) >= 11 is 0. The van der Waals surface area contributed by atoms with Crippen LogP contribution in [0.25, 0.3) is 5.65 Å². The van der Waals surface area contributed by atoms with Crippen molar-refractivity contribution in [2.24, 2.45) is 0 Å². The van der Waals surface area contributed by atoms with Crippen LogP contribution in [0, 0.1) is 0 Å². The summed E-state index contributed by atoms with van der Waals surface area (Å²) in [4.78, 5) is 0. The zero-order valence-electron chi connectivity index (χ0n) is 12.6. The van der Waals surface area contributed by atoms with Gasteiger partial charge in [0.2, 0.25) is 0 Å². The second-order valence-electron chi connectivity index (χ2n) is 6.02. The molecule has 0 amide bonds. The van der Waals surface area contributed by atoms with E-state index in [0.717, 1.165) is 23.7 Å². The Bertz CT molecular complexity index is 572. The molecule has 0 spiro atoms. The van der Waals surface area contributed by atoms with Crippen molar-refractivity contribution in [2.45, 2.75) is 52.0 Å². The van der Waals surface area contributed by atoms with Crippen LogP contribution in [0.4, 0.5) is 5.82 Å². The molecule has 6 heteroatoms. The molecule has 0 saturated carbocycles. The largest absolute Gasteiger partial charge is 0.396 e. The lowest BCUT2D eigenvalue weighted by atomic mass is 9.96. The van der Waals surface area contributed by atoms with Crippen LogP contribution in [0.1, 0.15) is 46.4 Å². The Morgan fingerprint density at radius 2 is 2.05 bits per heavy atom. The van der Waals surface area contributed by atoms with Gasteiger partial charge in [0, 0.05) is 18.1 Å². The normalized spacial score (nSPS) is 13.7. The quantitative estimate of drug-likeness (QED) is 0.874. The summed E-state index contributed by atoms with van der Waals surface area (Å²) in [6, 6.07) is 4.03. The standard InChI is InChI=1S/C14H23N5O/c1-5-10(8-9-20)15-11-6-7-12-16-17-13(14(2,3)4)19(12)18-11/h6-7,10,20H,5,8-9H2,1-4H3,(H,15,18). The molecule has 6 nitrogen and oxygen atoms in total. The first-order valence-corrected chi connectivity index (χ1v) is 7.06. The number of nitrogens with one attached hydrogen (secondary N) is 1. The highest BCUT2D eigenvalue weighted by Crippen LogP contribution is 2.21. The van der Waals surface area contributed by atoms with E-state index in [9.17, 15) is 0 Å². The minimum atomic E-state index is -0.111. The van der Waals surface area contributed by atoms with Crippen molar-refractivity contribution in [3.63, 3.8) is 0 Å². The fourth-order valence-electron chi connectivity index (χ4n) is 2.08. The number of aliphatic hydroxyl groups excluding tert-OH is 1. The van der Waals surface area contributed by atoms with Gasteiger partial charge in [-0.3, -0.25) is 0 Å². The van der Waals surface area contributed by atoms with Gasteiger partial charge in [0.1, 0.15) is 5.82 Å². The summed E-state index contributed by atoms with van der Waals surface area (Å²) in [5, 5.41) is 25.3. The van der Waals surface area contributed by atoms with Gasteiger partial charge in [0.15, 0.2) is 11.5 Å². The molecule has 0 aliphatic rings. The summed E-state index contributed by atoms with van der Waals surface area (Å²) in [6.07, 6.45) is 1.65. The Hall–Kier alpha value is -1.69. The third-order valence-electron chi connectivity index (χ3n) is 3.26. The molecular formula is C14H23N5O. The first kappa shape index (κ1) is 14.7. The summed E-state index contributed by atoms with van der Waals surface area (Å²) in [7, 11) is 0. The minimum absolute atomic E-state index is 0.111. The Kier molecular flexibility index (Phi) is 4.23. The third kappa shape index (κ3) is 3.07. The first-order valence-electron chi connectivity index (χ1n) is 7.06. The molecule has 0 fully saturated rings. The molecule has 2 rings (SSSR count). The molecular weight excluding hydrogens is 254 g/mol. The Balaban J connectivity index is 2.32. The van der Waals surface area contributed by atoms with E-state index >= 15 is 0 Å². The predicted molar refractivity (Wildman–Crippen MR) is 78.9 cm³/mol. The van der Waals surface area contributed by atoms with E-state index < -0.39 is 0 Å². The average molecular weight is 277 g/mol. The van der Waals surface area contributed by atoms with Gasteiger partial charge in [0.25, 0.3) is 0 Å². The van der Waals surface area contributed by atoms with Crippen molar-refractivity contribution >= 4 is 11.5 Å². The highest BCUT2D eigenvalue weighted by Gasteiger charge is 2.22. The van der Waals surface area contributed by atoms with Crippen LogP contribution in [0.3, 0.4) is 0 Å². The average Bonchev–Trinajstić information content (AvgIpc) is 2.81. The van der Waals surface area contributed by atoms with Gasteiger partial charge < -0.3 is 10.4 Å². The van der Waals surface area contributed by atoms with Gasteiger partial charge in [0.05, 0.1) is 0 Å². The molecule has 0 radical (unpaired) electrons. The van der Waals surface area contributed by atoms with Crippen LogP contribution < -0.4 is 5.32 Å². The maximum absolute atomic E-state index is 9.05. The van der Waals surface area contributed by atoms with Crippen LogP contribution in [-0.2, 0) is 5.41 Å². The van der Waals surface area contributed by atoms with Gasteiger partial charge in [-0.15, -0.1) is 15.3 Å². The number of rotatable bonds is 5. The summed E-state index contributed by atoms with van der Waals surface area (Å²) < 4.78 is 1.79. The molecule has 2 heterocycles. The van der Waals surface area contributed by atoms with E-state index in [1.54, 1.807) is 4.52 Å². The molecule has 0 aliphatic carbocycles. The number of fused-ring (bicyclic) bond motifs is 1. The van der Waals surface area contributed by atoms with Gasteiger partial charge in [-0.25, -0.2) is 0 Å². The van der Waals surface area contributed by atoms with E-state index in [1.165, 1.54) is 0 Å². The molecule has 1 atom stereocenters. The third-order valence-corrected chi connectivity index (χ3v) is 3.26. The molecule has 0 bridgehead atoms. The molecule has 0 aliphatic heterocycles. The minimum Gasteiger partial charge on any atom is -0.396 e. The van der Waals surface area contributed by atoms with Crippen LogP contribution in [-0.4, -0.2) is 37.6 Å². The highest BCUT2D eigenvalue weighted by atomic mass is 16.3. The topological polar surface area (TPSA) is 75.3 Å². The number of anilines is 1. The monoisotopic (exact) mass is 277 g/mol. The van der Waals surface area contributed by atoms with Crippen molar-refractivity contribution in [1.29, 1.82) is 0 Å². The van der Waals surface area contributed by atoms with Crippen molar-refractivity contribution in [3.05, 3.63) is 18.0 Å². The van der Waals surface area contributed by atoms with Crippen LogP contribution >= 0.6 is 0 Å². The summed E-state index contributed by atoms with van der Waals surface area (Å²) in [6.45, 7) is 8.53. The molecule has 1 unspecified atom stereocenters. The van der Waals surface area contributed by atoms with Crippen molar-refractivity contribution in [2.75, 3.05) is 11.9 Å². The van der Waals surface area contributed by atoms with Crippen LogP contribution in [0.2, 0.25) is 0 Å². The molecule has 0 aromatic carbocycles. The second-order valence-corrected chi connectivity index (χ2v) is 6.02. The van der Waals surface area contributed by atoms with E-state index in [4.69, 9.17) is 5.11 Å². The zero-order valence-corrected chi connectivity index (χ0v) is 12.6. The summed E-state index contributed by atoms with van der Waals surface area (Å²) in [5.41, 5.74) is 0.635. The number of aromatic nitrogens is 4. The Morgan fingerprint density at radius 1 is 1.30 bits per heavy atom. The lowest BCUT2D eigenvalue weighted by Gasteiger charge is -2.18. The van der Waals surface area contributed by atoms with Gasteiger partial charge in [-0.1, -0.05) is 27.7 Å². The fraction of sp³-hybridized carbons (Fsp3) is 0.643. The first-order chi connectivity index (χ1) is 9.45. The molecule has 2 N–H and O–H groups in total. The molecule has 2 aromatic rings. The van der Waals surface area contributed by atoms with E-state index in [-0.39, 0.29) is 18.1 Å². The van der Waals surface area contributed by atoms with Crippen molar-refractivity contribution in [3.8, 4) is 0 Å². The number of hydrogen-bond acceptors (Lipinski definition) is 5. The molecule has 0 saturated heterocycles. The number of aliphatic hydroxyl groups is 1. The van der Waals surface area contributed by atoms with Crippen LogP contribution in [0.15, 0.2) is 12.1 Å². The zero-order chi connectivity index (χ0) is 14.8. The molecule has 2 aromatic heterocycles. The fourth-order valence-corrected chi connectivity index (χ4v) is 2.08. The Morgan fingerprint density at radius 3 is 2.65 bits per heavy atom. The van der Waals surface area contributed by atoms with Gasteiger partial charge >= 0.3 is 0 Å². The SMILES string of the molecule is CCC(CCO)Nc1ccc2nnc(C(C)(C)C)n2n1. The molecule has 20 heavy (non-hydrogen) atoms. The Labute approximate surface area is 119 Å². The summed E-state index contributed by atoms with van der Waals surface area (Å²) in [5.74, 6) is 1.62. The second kappa shape index (κ2) is 5.75. The van der Waals surface area contributed by atoms with E-state index in [2.05, 4.69) is 48.3 Å². The van der Waals surface area contributed by atoms with E-state index in [1.807, 2.05) is 12.1 Å². The maximum atomic E-state index is 9.05. The lowest BCUT2D eigenvalue weighted by Crippen LogP contribution is -2.22. The van der Waals surface area contributed by atoms with Gasteiger partial charge in [-0.2, -0.15) is 4.52 Å². The molecule has 110 valence electrons. The van der Waals surface area contributed by atoms with E-state index in [0.29, 0.717) is 6.42 Å². The van der Waals surface area contributed by atoms with Crippen molar-refractivity contribution < 1.29 is 5.11 Å². The number of hydrogen-bond donors (Lipinski definition) is 2. The van der Waals surface area contributed by atoms with Crippen molar-refractivity contribution in [1.82, 2.24) is 19.8 Å². The number of nitrogens with zero attached hydrogens (tertiary/aromatic N) is 4. The van der Waals surface area contributed by atoms with Crippen LogP contribution in [0.5, 0.6) is 0 Å².